The Morgan fingerprint density at radius 3 is 2.48 bits per heavy atom. The molecule has 4 amide bonds. The number of hydrogen-bond acceptors (Lipinski definition) is 7. The maximum atomic E-state index is 13.0. The van der Waals surface area contributed by atoms with E-state index in [0.29, 0.717) is 22.8 Å². The van der Waals surface area contributed by atoms with Crippen LogP contribution in [0.1, 0.15) is 16.1 Å². The third kappa shape index (κ3) is 3.59. The number of fused-ring (bicyclic) bond motifs is 1. The van der Waals surface area contributed by atoms with Gasteiger partial charge in [0.15, 0.2) is 11.5 Å². The molecule has 2 N–H and O–H groups in total. The number of barbiturate groups is 1. The van der Waals surface area contributed by atoms with E-state index in [4.69, 9.17) is 19.0 Å². The third-order valence-electron chi connectivity index (χ3n) is 5.05. The molecule has 1 saturated heterocycles. The van der Waals surface area contributed by atoms with Gasteiger partial charge in [0, 0.05) is 11.6 Å². The molecule has 0 atom stereocenters. The van der Waals surface area contributed by atoms with Crippen LogP contribution in [0, 0.1) is 0 Å². The molecule has 0 unspecified atom stereocenters. The fourth-order valence-corrected chi connectivity index (χ4v) is 3.42. The molecule has 0 spiro atoms. The van der Waals surface area contributed by atoms with Crippen molar-refractivity contribution >= 4 is 35.6 Å². The highest BCUT2D eigenvalue weighted by Crippen LogP contribution is 2.36. The minimum absolute atomic E-state index is 0.0302. The molecule has 2 aliphatic heterocycles. The zero-order chi connectivity index (χ0) is 23.1. The van der Waals surface area contributed by atoms with Crippen LogP contribution in [0.15, 0.2) is 64.6 Å². The average Bonchev–Trinajstić information content (AvgIpc) is 3.46. The van der Waals surface area contributed by atoms with Gasteiger partial charge in [0.05, 0.1) is 11.3 Å². The second-order valence-corrected chi connectivity index (χ2v) is 7.08. The first-order valence-electron chi connectivity index (χ1n) is 9.65. The number of carbonyl (C=O) groups excluding carboxylic acids is 3. The van der Waals surface area contributed by atoms with Gasteiger partial charge in [-0.2, -0.15) is 0 Å². The van der Waals surface area contributed by atoms with Crippen molar-refractivity contribution in [3.8, 4) is 22.8 Å². The van der Waals surface area contributed by atoms with Crippen molar-refractivity contribution in [1.82, 2.24) is 5.32 Å². The number of amides is 4. The van der Waals surface area contributed by atoms with Gasteiger partial charge in [0.1, 0.15) is 17.1 Å². The molecule has 10 heteroatoms. The molecule has 164 valence electrons. The average molecular weight is 446 g/mol. The Kier molecular flexibility index (Phi) is 4.67. The summed E-state index contributed by atoms with van der Waals surface area (Å²) in [7, 11) is 0. The summed E-state index contributed by atoms with van der Waals surface area (Å²) in [5, 5.41) is 11.1. The smallest absolute Gasteiger partial charge is 0.335 e. The molecule has 2 aliphatic rings. The van der Waals surface area contributed by atoms with Crippen LogP contribution in [0.3, 0.4) is 0 Å². The van der Waals surface area contributed by atoms with E-state index in [2.05, 4.69) is 5.32 Å². The zero-order valence-corrected chi connectivity index (χ0v) is 16.7. The molecule has 0 radical (unpaired) electrons. The largest absolute Gasteiger partial charge is 0.478 e. The molecule has 0 saturated carbocycles. The fourth-order valence-electron chi connectivity index (χ4n) is 3.42. The summed E-state index contributed by atoms with van der Waals surface area (Å²) in [6.07, 6.45) is 1.24. The number of nitrogens with one attached hydrogen (secondary N) is 1. The number of carboxylic acids is 1. The van der Waals surface area contributed by atoms with E-state index in [1.54, 1.807) is 30.3 Å². The monoisotopic (exact) mass is 446 g/mol. The number of imide groups is 2. The van der Waals surface area contributed by atoms with Crippen molar-refractivity contribution in [2.75, 3.05) is 11.7 Å². The summed E-state index contributed by atoms with van der Waals surface area (Å²) < 4.78 is 16.2. The van der Waals surface area contributed by atoms with Crippen molar-refractivity contribution < 1.29 is 38.2 Å². The lowest BCUT2D eigenvalue weighted by Gasteiger charge is -2.26. The molecule has 1 fully saturated rings. The fraction of sp³-hybridized carbons (Fsp3) is 0.0435. The Morgan fingerprint density at radius 1 is 0.970 bits per heavy atom. The molecule has 33 heavy (non-hydrogen) atoms. The molecule has 2 aromatic carbocycles. The maximum absolute atomic E-state index is 13.0. The summed E-state index contributed by atoms with van der Waals surface area (Å²) >= 11 is 0. The summed E-state index contributed by atoms with van der Waals surface area (Å²) in [6, 6.07) is 12.9. The molecular formula is C23H14N2O8. The van der Waals surface area contributed by atoms with Gasteiger partial charge in [0.25, 0.3) is 11.8 Å². The first-order valence-corrected chi connectivity index (χ1v) is 9.65. The van der Waals surface area contributed by atoms with Gasteiger partial charge in [-0.1, -0.05) is 12.1 Å². The molecular weight excluding hydrogens is 432 g/mol. The topological polar surface area (TPSA) is 135 Å². The van der Waals surface area contributed by atoms with E-state index in [0.717, 1.165) is 4.90 Å². The van der Waals surface area contributed by atoms with E-state index < -0.39 is 23.8 Å². The highest BCUT2D eigenvalue weighted by Gasteiger charge is 2.37. The van der Waals surface area contributed by atoms with Crippen LogP contribution in [0.4, 0.5) is 10.5 Å². The Hall–Kier alpha value is -4.86. The van der Waals surface area contributed by atoms with E-state index in [-0.39, 0.29) is 29.4 Å². The number of furan rings is 1. The quantitative estimate of drug-likeness (QED) is 0.461. The van der Waals surface area contributed by atoms with Gasteiger partial charge < -0.3 is 19.0 Å². The number of carboxylic acid groups (broad SMARTS) is 1. The second kappa shape index (κ2) is 7.68. The lowest BCUT2D eigenvalue weighted by Crippen LogP contribution is -2.54. The number of carbonyl (C=O) groups is 4. The summed E-state index contributed by atoms with van der Waals surface area (Å²) in [5.74, 6) is -1.26. The number of rotatable bonds is 4. The van der Waals surface area contributed by atoms with Crippen molar-refractivity contribution in [3.05, 3.63) is 71.5 Å². The molecule has 0 aliphatic carbocycles. The zero-order valence-electron chi connectivity index (χ0n) is 16.7. The minimum atomic E-state index is -1.05. The van der Waals surface area contributed by atoms with Gasteiger partial charge in [-0.3, -0.25) is 14.9 Å². The lowest BCUT2D eigenvalue weighted by molar-refractivity contribution is -0.122. The van der Waals surface area contributed by atoms with Crippen LogP contribution in [-0.2, 0) is 9.59 Å². The number of hydrogen-bond donors (Lipinski definition) is 2. The predicted molar refractivity (Wildman–Crippen MR) is 113 cm³/mol. The van der Waals surface area contributed by atoms with Gasteiger partial charge in [-0.25, -0.2) is 14.5 Å². The van der Waals surface area contributed by atoms with Crippen LogP contribution < -0.4 is 19.7 Å². The molecule has 1 aromatic heterocycles. The van der Waals surface area contributed by atoms with E-state index in [1.165, 1.54) is 30.3 Å². The molecule has 3 aromatic rings. The van der Waals surface area contributed by atoms with Gasteiger partial charge in [0.2, 0.25) is 6.79 Å². The van der Waals surface area contributed by atoms with Gasteiger partial charge in [-0.05, 0) is 42.5 Å². The first kappa shape index (κ1) is 20.1. The Labute approximate surface area is 185 Å². The van der Waals surface area contributed by atoms with Crippen molar-refractivity contribution in [2.24, 2.45) is 0 Å². The third-order valence-corrected chi connectivity index (χ3v) is 5.05. The normalized spacial score (nSPS) is 16.3. The van der Waals surface area contributed by atoms with Gasteiger partial charge >= 0.3 is 12.0 Å². The van der Waals surface area contributed by atoms with Crippen LogP contribution in [0.2, 0.25) is 0 Å². The van der Waals surface area contributed by atoms with Crippen molar-refractivity contribution in [3.63, 3.8) is 0 Å². The summed E-state index contributed by atoms with van der Waals surface area (Å²) in [5.41, 5.74) is 0.653. The Bertz CT molecular complexity index is 1350. The number of nitrogens with zero attached hydrogens (tertiary/aromatic N) is 1. The van der Waals surface area contributed by atoms with Gasteiger partial charge in [-0.15, -0.1) is 0 Å². The maximum Gasteiger partial charge on any atom is 0.335 e. The first-order chi connectivity index (χ1) is 15.9. The second-order valence-electron chi connectivity index (χ2n) is 7.08. The van der Waals surface area contributed by atoms with E-state index in [9.17, 15) is 19.2 Å². The Balaban J connectivity index is 1.44. The van der Waals surface area contributed by atoms with Crippen molar-refractivity contribution in [1.29, 1.82) is 0 Å². The molecule has 5 rings (SSSR count). The number of anilines is 1. The summed E-state index contributed by atoms with van der Waals surface area (Å²) in [4.78, 5) is 49.6. The molecule has 3 heterocycles. The highest BCUT2D eigenvalue weighted by molar-refractivity contribution is 6.39. The Morgan fingerprint density at radius 2 is 1.73 bits per heavy atom. The van der Waals surface area contributed by atoms with Crippen LogP contribution in [-0.4, -0.2) is 35.7 Å². The van der Waals surface area contributed by atoms with Crippen LogP contribution >= 0.6 is 0 Å². The lowest BCUT2D eigenvalue weighted by atomic mass is 10.1. The number of ether oxygens (including phenoxy) is 2. The highest BCUT2D eigenvalue weighted by atomic mass is 16.7. The van der Waals surface area contributed by atoms with E-state index in [1.807, 2.05) is 0 Å². The van der Waals surface area contributed by atoms with E-state index >= 15 is 0 Å². The predicted octanol–water partition coefficient (Wildman–Crippen LogP) is 3.04. The van der Waals surface area contributed by atoms with Crippen LogP contribution in [0.5, 0.6) is 11.5 Å². The SMILES string of the molecule is O=C1NC(=O)N(c2ccc3c(c2)OCO3)C(=O)/C1=C/c1ccc(-c2ccc(C(=O)O)cc2)o1. The number of benzene rings is 2. The summed E-state index contributed by atoms with van der Waals surface area (Å²) in [6.45, 7) is 0.0302. The standard InChI is InChI=1S/C23H14N2O8/c26-20-16(10-15-6-8-17(33-15)12-1-3-13(4-2-12)22(28)29)21(27)25(23(30)24-20)14-5-7-18-19(9-14)32-11-31-18/h1-10H,11H2,(H,28,29)(H,24,26,30)/b16-10+. The minimum Gasteiger partial charge on any atom is -0.478 e. The van der Waals surface area contributed by atoms with Crippen molar-refractivity contribution in [2.45, 2.75) is 0 Å². The molecule has 0 bridgehead atoms. The van der Waals surface area contributed by atoms with Crippen LogP contribution in [0.25, 0.3) is 17.4 Å². The molecule has 10 nitrogen and oxygen atoms in total. The number of aromatic carboxylic acids is 1. The number of urea groups is 1.